The number of rotatable bonds is 7. The molecule has 0 heterocycles. The van der Waals surface area contributed by atoms with E-state index in [1.54, 1.807) is 12.1 Å². The molecule has 18 heavy (non-hydrogen) atoms. The molecule has 0 aromatic heterocycles. The molecular weight excluding hydrogens is 293 g/mol. The summed E-state index contributed by atoms with van der Waals surface area (Å²) in [6, 6.07) is 5.39. The van der Waals surface area contributed by atoms with Crippen LogP contribution in [0.25, 0.3) is 0 Å². The van der Waals surface area contributed by atoms with Gasteiger partial charge in [-0.1, -0.05) is 29.3 Å². The highest BCUT2D eigenvalue weighted by Crippen LogP contribution is 2.20. The van der Waals surface area contributed by atoms with Gasteiger partial charge in [0.1, 0.15) is 0 Å². The van der Waals surface area contributed by atoms with E-state index in [1.807, 2.05) is 6.07 Å². The molecule has 1 amide bonds. The number of hydrogen-bond acceptors (Lipinski definition) is 1. The van der Waals surface area contributed by atoms with Gasteiger partial charge in [-0.25, -0.2) is 0 Å². The maximum atomic E-state index is 11.4. The second-order valence-corrected chi connectivity index (χ2v) is 5.20. The fourth-order valence-corrected chi connectivity index (χ4v) is 2.22. The Morgan fingerprint density at radius 3 is 2.67 bits per heavy atom. The number of carbonyl (C=O) groups is 1. The van der Waals surface area contributed by atoms with E-state index in [0.717, 1.165) is 18.4 Å². The molecule has 0 aliphatic carbocycles. The lowest BCUT2D eigenvalue weighted by atomic mass is 10.1. The van der Waals surface area contributed by atoms with Crippen molar-refractivity contribution in [3.8, 4) is 0 Å². The number of unbranched alkanes of at least 4 members (excludes halogenated alkanes) is 1. The zero-order valence-corrected chi connectivity index (χ0v) is 12.3. The van der Waals surface area contributed by atoms with Gasteiger partial charge in [-0.15, -0.1) is 11.6 Å². The topological polar surface area (TPSA) is 29.1 Å². The SMILES string of the molecule is O=C(CCCCCl)NCCc1ccc(Cl)cc1Cl. The van der Waals surface area contributed by atoms with Crippen molar-refractivity contribution in [3.05, 3.63) is 33.8 Å². The Kier molecular flexibility index (Phi) is 7.48. The van der Waals surface area contributed by atoms with Crippen LogP contribution in [0.2, 0.25) is 10.0 Å². The number of nitrogens with one attached hydrogen (secondary N) is 1. The third kappa shape index (κ3) is 5.94. The molecule has 2 nitrogen and oxygen atoms in total. The fraction of sp³-hybridized carbons (Fsp3) is 0.462. The molecule has 1 aromatic rings. The molecule has 0 radical (unpaired) electrons. The van der Waals surface area contributed by atoms with Crippen LogP contribution in [0.1, 0.15) is 24.8 Å². The molecule has 5 heteroatoms. The minimum atomic E-state index is 0.0604. The van der Waals surface area contributed by atoms with Crippen molar-refractivity contribution < 1.29 is 4.79 Å². The van der Waals surface area contributed by atoms with Crippen molar-refractivity contribution in [1.29, 1.82) is 0 Å². The molecule has 0 spiro atoms. The van der Waals surface area contributed by atoms with Crippen LogP contribution in [0.3, 0.4) is 0 Å². The van der Waals surface area contributed by atoms with E-state index >= 15 is 0 Å². The van der Waals surface area contributed by atoms with Gasteiger partial charge in [0.25, 0.3) is 0 Å². The highest BCUT2D eigenvalue weighted by Gasteiger charge is 2.03. The van der Waals surface area contributed by atoms with Crippen LogP contribution in [0, 0.1) is 0 Å². The third-order valence-electron chi connectivity index (χ3n) is 2.52. The van der Waals surface area contributed by atoms with Crippen molar-refractivity contribution in [3.63, 3.8) is 0 Å². The van der Waals surface area contributed by atoms with Gasteiger partial charge in [-0.05, 0) is 37.0 Å². The molecule has 100 valence electrons. The maximum Gasteiger partial charge on any atom is 0.220 e. The highest BCUT2D eigenvalue weighted by atomic mass is 35.5. The summed E-state index contributed by atoms with van der Waals surface area (Å²) in [4.78, 5) is 11.4. The summed E-state index contributed by atoms with van der Waals surface area (Å²) in [5.74, 6) is 0.665. The quantitative estimate of drug-likeness (QED) is 0.597. The Hall–Kier alpha value is -0.440. The van der Waals surface area contributed by atoms with Gasteiger partial charge in [-0.3, -0.25) is 4.79 Å². The summed E-state index contributed by atoms with van der Waals surface area (Å²) in [5, 5.41) is 4.12. The lowest BCUT2D eigenvalue weighted by molar-refractivity contribution is -0.121. The standard InChI is InChI=1S/C13H16Cl3NO/c14-7-2-1-3-13(18)17-8-6-10-4-5-11(15)9-12(10)16/h4-5,9H,1-3,6-8H2,(H,17,18). The number of carbonyl (C=O) groups excluding carboxylic acids is 1. The monoisotopic (exact) mass is 307 g/mol. The van der Waals surface area contributed by atoms with E-state index in [2.05, 4.69) is 5.32 Å². The van der Waals surface area contributed by atoms with E-state index < -0.39 is 0 Å². The van der Waals surface area contributed by atoms with Crippen LogP contribution in [0.5, 0.6) is 0 Å². The molecule has 0 fully saturated rings. The van der Waals surface area contributed by atoms with Crippen molar-refractivity contribution in [2.24, 2.45) is 0 Å². The first-order valence-electron chi connectivity index (χ1n) is 5.90. The molecule has 0 atom stereocenters. The Morgan fingerprint density at radius 1 is 1.22 bits per heavy atom. The van der Waals surface area contributed by atoms with Crippen LogP contribution in [0.15, 0.2) is 18.2 Å². The minimum Gasteiger partial charge on any atom is -0.356 e. The number of hydrogen-bond donors (Lipinski definition) is 1. The molecule has 1 rings (SSSR count). The first-order valence-corrected chi connectivity index (χ1v) is 7.19. The molecule has 0 aliphatic rings. The predicted molar refractivity (Wildman–Crippen MR) is 77.7 cm³/mol. The normalized spacial score (nSPS) is 10.4. The van der Waals surface area contributed by atoms with Gasteiger partial charge in [0, 0.05) is 28.9 Å². The fourth-order valence-electron chi connectivity index (χ4n) is 1.53. The van der Waals surface area contributed by atoms with Gasteiger partial charge in [-0.2, -0.15) is 0 Å². The van der Waals surface area contributed by atoms with Crippen molar-refractivity contribution >= 4 is 40.7 Å². The third-order valence-corrected chi connectivity index (χ3v) is 3.37. The molecule has 0 aliphatic heterocycles. The molecule has 1 N–H and O–H groups in total. The van der Waals surface area contributed by atoms with Gasteiger partial charge in [0.2, 0.25) is 5.91 Å². The summed E-state index contributed by atoms with van der Waals surface area (Å²) in [7, 11) is 0. The maximum absolute atomic E-state index is 11.4. The Bertz CT molecular complexity index is 396. The molecular formula is C13H16Cl3NO. The number of halogens is 3. The van der Waals surface area contributed by atoms with E-state index in [1.165, 1.54) is 0 Å². The molecule has 0 saturated carbocycles. The first-order chi connectivity index (χ1) is 8.63. The second kappa shape index (κ2) is 8.63. The first kappa shape index (κ1) is 15.6. The Balaban J connectivity index is 2.26. The van der Waals surface area contributed by atoms with E-state index in [-0.39, 0.29) is 5.91 Å². The lowest BCUT2D eigenvalue weighted by Gasteiger charge is -2.07. The van der Waals surface area contributed by atoms with E-state index in [0.29, 0.717) is 35.3 Å². The zero-order valence-electron chi connectivity index (χ0n) is 10.0. The number of amides is 1. The Labute approximate surface area is 123 Å². The van der Waals surface area contributed by atoms with Gasteiger partial charge in [0.05, 0.1) is 0 Å². The van der Waals surface area contributed by atoms with Crippen LogP contribution in [0.4, 0.5) is 0 Å². The van der Waals surface area contributed by atoms with Crippen molar-refractivity contribution in [1.82, 2.24) is 5.32 Å². The largest absolute Gasteiger partial charge is 0.356 e. The van der Waals surface area contributed by atoms with Crippen molar-refractivity contribution in [2.75, 3.05) is 12.4 Å². The summed E-state index contributed by atoms with van der Waals surface area (Å²) < 4.78 is 0. The average molecular weight is 309 g/mol. The predicted octanol–water partition coefficient (Wildman–Crippen LogP) is 4.06. The number of benzene rings is 1. The van der Waals surface area contributed by atoms with Crippen LogP contribution in [-0.4, -0.2) is 18.3 Å². The molecule has 0 saturated heterocycles. The van der Waals surface area contributed by atoms with E-state index in [9.17, 15) is 4.79 Å². The average Bonchev–Trinajstić information content (AvgIpc) is 2.32. The minimum absolute atomic E-state index is 0.0604. The van der Waals surface area contributed by atoms with Crippen molar-refractivity contribution in [2.45, 2.75) is 25.7 Å². The van der Waals surface area contributed by atoms with Gasteiger partial charge >= 0.3 is 0 Å². The molecule has 1 aromatic carbocycles. The lowest BCUT2D eigenvalue weighted by Crippen LogP contribution is -2.25. The summed E-state index contributed by atoms with van der Waals surface area (Å²) in [6.45, 7) is 0.584. The van der Waals surface area contributed by atoms with Gasteiger partial charge < -0.3 is 5.32 Å². The van der Waals surface area contributed by atoms with Gasteiger partial charge in [0.15, 0.2) is 0 Å². The molecule has 0 unspecified atom stereocenters. The zero-order chi connectivity index (χ0) is 13.4. The summed E-state index contributed by atoms with van der Waals surface area (Å²) >= 11 is 17.4. The Morgan fingerprint density at radius 2 is 2.00 bits per heavy atom. The smallest absolute Gasteiger partial charge is 0.220 e. The van der Waals surface area contributed by atoms with Crippen LogP contribution >= 0.6 is 34.8 Å². The second-order valence-electron chi connectivity index (χ2n) is 3.98. The van der Waals surface area contributed by atoms with Crippen LogP contribution < -0.4 is 5.32 Å². The molecule has 0 bridgehead atoms. The summed E-state index contributed by atoms with van der Waals surface area (Å²) in [5.41, 5.74) is 0.988. The summed E-state index contributed by atoms with van der Waals surface area (Å²) in [6.07, 6.45) is 2.94. The highest BCUT2D eigenvalue weighted by molar-refractivity contribution is 6.35. The number of alkyl halides is 1. The van der Waals surface area contributed by atoms with Crippen LogP contribution in [-0.2, 0) is 11.2 Å². The van der Waals surface area contributed by atoms with E-state index in [4.69, 9.17) is 34.8 Å².